The normalized spacial score (nSPS) is 17.0. The predicted molar refractivity (Wildman–Crippen MR) is 95.7 cm³/mol. The maximum Gasteiger partial charge on any atom is 0.256 e. The highest BCUT2D eigenvalue weighted by molar-refractivity contribution is 7.98. The second-order valence-corrected chi connectivity index (χ2v) is 7.23. The fourth-order valence-electron chi connectivity index (χ4n) is 2.90. The van der Waals surface area contributed by atoms with Crippen molar-refractivity contribution in [1.82, 2.24) is 15.0 Å². The van der Waals surface area contributed by atoms with Gasteiger partial charge in [-0.15, -0.1) is 11.8 Å². The number of carbonyl (C=O) groups is 1. The summed E-state index contributed by atoms with van der Waals surface area (Å²) in [6, 6.07) is 3.63. The lowest BCUT2D eigenvalue weighted by Gasteiger charge is -2.21. The number of thioether (sulfide) groups is 1. The molecular weight excluding hydrogens is 338 g/mol. The van der Waals surface area contributed by atoms with E-state index in [0.29, 0.717) is 17.9 Å². The SMILES string of the molecule is Cc1noc(C)c1CSc1ncccc1C(=O)N(C)C[C@@H]1CCCO1. The topological polar surface area (TPSA) is 68.5 Å². The number of likely N-dealkylation sites (N-methyl/N-ethyl adjacent to an activating group) is 1. The highest BCUT2D eigenvalue weighted by Crippen LogP contribution is 2.28. The average Bonchev–Trinajstić information content (AvgIpc) is 3.23. The lowest BCUT2D eigenvalue weighted by molar-refractivity contribution is 0.0584. The Morgan fingerprint density at radius 2 is 2.28 bits per heavy atom. The molecule has 0 unspecified atom stereocenters. The molecule has 134 valence electrons. The molecule has 7 heteroatoms. The Morgan fingerprint density at radius 1 is 1.44 bits per heavy atom. The summed E-state index contributed by atoms with van der Waals surface area (Å²) in [6.45, 7) is 5.22. The van der Waals surface area contributed by atoms with Crippen molar-refractivity contribution in [2.45, 2.75) is 43.6 Å². The van der Waals surface area contributed by atoms with Crippen LogP contribution in [0.5, 0.6) is 0 Å². The molecule has 1 aliphatic heterocycles. The van der Waals surface area contributed by atoms with Crippen LogP contribution >= 0.6 is 11.8 Å². The van der Waals surface area contributed by atoms with Gasteiger partial charge in [0, 0.05) is 37.7 Å². The van der Waals surface area contributed by atoms with Crippen LogP contribution in [-0.4, -0.2) is 47.3 Å². The summed E-state index contributed by atoms with van der Waals surface area (Å²) in [5, 5.41) is 4.70. The Kier molecular flexibility index (Phi) is 5.75. The van der Waals surface area contributed by atoms with Gasteiger partial charge in [0.15, 0.2) is 0 Å². The molecule has 0 radical (unpaired) electrons. The second kappa shape index (κ2) is 8.01. The summed E-state index contributed by atoms with van der Waals surface area (Å²) in [7, 11) is 1.82. The van der Waals surface area contributed by atoms with Crippen LogP contribution in [0.1, 0.15) is 40.2 Å². The smallest absolute Gasteiger partial charge is 0.256 e. The molecule has 1 amide bonds. The number of hydrogen-bond acceptors (Lipinski definition) is 6. The highest BCUT2D eigenvalue weighted by Gasteiger charge is 2.23. The monoisotopic (exact) mass is 361 g/mol. The predicted octanol–water partition coefficient (Wildman–Crippen LogP) is 3.23. The maximum atomic E-state index is 12.8. The maximum absolute atomic E-state index is 12.8. The molecule has 0 saturated carbocycles. The summed E-state index contributed by atoms with van der Waals surface area (Å²) >= 11 is 1.53. The number of aromatic nitrogens is 2. The zero-order valence-corrected chi connectivity index (χ0v) is 15.6. The Morgan fingerprint density at radius 3 is 2.96 bits per heavy atom. The van der Waals surface area contributed by atoms with Crippen LogP contribution in [0.25, 0.3) is 0 Å². The lowest BCUT2D eigenvalue weighted by atomic mass is 10.2. The van der Waals surface area contributed by atoms with Crippen LogP contribution in [0.4, 0.5) is 0 Å². The van der Waals surface area contributed by atoms with Gasteiger partial charge in [-0.05, 0) is 38.8 Å². The minimum absolute atomic E-state index is 0.0233. The number of aryl methyl sites for hydroxylation is 2. The van der Waals surface area contributed by atoms with Crippen molar-refractivity contribution in [3.05, 3.63) is 40.9 Å². The minimum atomic E-state index is -0.0233. The molecule has 3 rings (SSSR count). The fourth-order valence-corrected chi connectivity index (χ4v) is 4.04. The first-order valence-electron chi connectivity index (χ1n) is 8.43. The molecule has 1 saturated heterocycles. The second-order valence-electron chi connectivity index (χ2n) is 6.27. The molecule has 0 aromatic carbocycles. The lowest BCUT2D eigenvalue weighted by Crippen LogP contribution is -2.34. The number of hydrogen-bond donors (Lipinski definition) is 0. The van der Waals surface area contributed by atoms with Gasteiger partial charge in [0.2, 0.25) is 0 Å². The number of rotatable bonds is 6. The summed E-state index contributed by atoms with van der Waals surface area (Å²) in [4.78, 5) is 19.0. The zero-order valence-electron chi connectivity index (χ0n) is 14.8. The molecule has 0 N–H and O–H groups in total. The molecule has 0 spiro atoms. The van der Waals surface area contributed by atoms with E-state index < -0.39 is 0 Å². The number of amides is 1. The summed E-state index contributed by atoms with van der Waals surface area (Å²) < 4.78 is 10.8. The molecule has 2 aromatic rings. The van der Waals surface area contributed by atoms with Crippen LogP contribution in [0, 0.1) is 13.8 Å². The number of nitrogens with zero attached hydrogens (tertiary/aromatic N) is 3. The van der Waals surface area contributed by atoms with Crippen molar-refractivity contribution < 1.29 is 14.1 Å². The van der Waals surface area contributed by atoms with E-state index in [0.717, 1.165) is 41.5 Å². The van der Waals surface area contributed by atoms with Gasteiger partial charge < -0.3 is 14.2 Å². The fraction of sp³-hybridized carbons (Fsp3) is 0.500. The molecule has 0 aliphatic carbocycles. The van der Waals surface area contributed by atoms with Crippen molar-refractivity contribution in [2.75, 3.05) is 20.2 Å². The van der Waals surface area contributed by atoms with E-state index in [2.05, 4.69) is 10.1 Å². The van der Waals surface area contributed by atoms with Gasteiger partial charge in [0.1, 0.15) is 10.8 Å². The standard InChI is InChI=1S/C18H23N3O3S/c1-12-16(13(2)24-20-12)11-25-17-15(7-4-8-19-17)18(22)21(3)10-14-6-5-9-23-14/h4,7-8,14H,5-6,9-11H2,1-3H3/t14-/m0/s1. The number of carbonyl (C=O) groups excluding carboxylic acids is 1. The van der Waals surface area contributed by atoms with Crippen molar-refractivity contribution in [2.24, 2.45) is 0 Å². The van der Waals surface area contributed by atoms with Crippen molar-refractivity contribution >= 4 is 17.7 Å². The van der Waals surface area contributed by atoms with Crippen molar-refractivity contribution in [3.8, 4) is 0 Å². The number of ether oxygens (including phenoxy) is 1. The van der Waals surface area contributed by atoms with Gasteiger partial charge in [0.05, 0.1) is 17.4 Å². The third kappa shape index (κ3) is 4.22. The molecule has 1 atom stereocenters. The Hall–Kier alpha value is -1.86. The van der Waals surface area contributed by atoms with Gasteiger partial charge >= 0.3 is 0 Å². The summed E-state index contributed by atoms with van der Waals surface area (Å²) in [5.41, 5.74) is 2.56. The van der Waals surface area contributed by atoms with E-state index in [1.165, 1.54) is 11.8 Å². The summed E-state index contributed by atoms with van der Waals surface area (Å²) in [5.74, 6) is 1.46. The first-order chi connectivity index (χ1) is 12.1. The first-order valence-corrected chi connectivity index (χ1v) is 9.41. The zero-order chi connectivity index (χ0) is 17.8. The van der Waals surface area contributed by atoms with Crippen LogP contribution in [0.15, 0.2) is 27.9 Å². The van der Waals surface area contributed by atoms with Crippen LogP contribution in [0.3, 0.4) is 0 Å². The van der Waals surface area contributed by atoms with E-state index in [1.54, 1.807) is 17.2 Å². The number of pyridine rings is 1. The van der Waals surface area contributed by atoms with Gasteiger partial charge in [-0.1, -0.05) is 5.16 Å². The first kappa shape index (κ1) is 17.9. The molecule has 1 fully saturated rings. The van der Waals surface area contributed by atoms with Gasteiger partial charge in [-0.2, -0.15) is 0 Å². The third-order valence-corrected chi connectivity index (χ3v) is 5.42. The van der Waals surface area contributed by atoms with E-state index in [4.69, 9.17) is 9.26 Å². The van der Waals surface area contributed by atoms with E-state index in [-0.39, 0.29) is 12.0 Å². The molecule has 0 bridgehead atoms. The van der Waals surface area contributed by atoms with Crippen LogP contribution in [0.2, 0.25) is 0 Å². The van der Waals surface area contributed by atoms with E-state index in [1.807, 2.05) is 27.0 Å². The highest BCUT2D eigenvalue weighted by atomic mass is 32.2. The average molecular weight is 361 g/mol. The van der Waals surface area contributed by atoms with Crippen LogP contribution in [-0.2, 0) is 10.5 Å². The molecule has 2 aromatic heterocycles. The Labute approximate surface area is 151 Å². The Balaban J connectivity index is 1.70. The minimum Gasteiger partial charge on any atom is -0.376 e. The molecule has 3 heterocycles. The molecule has 25 heavy (non-hydrogen) atoms. The molecule has 1 aliphatic rings. The Bertz CT molecular complexity index is 721. The van der Waals surface area contributed by atoms with Gasteiger partial charge in [-0.25, -0.2) is 4.98 Å². The third-order valence-electron chi connectivity index (χ3n) is 4.38. The van der Waals surface area contributed by atoms with Crippen LogP contribution < -0.4 is 0 Å². The molecular formula is C18H23N3O3S. The largest absolute Gasteiger partial charge is 0.376 e. The van der Waals surface area contributed by atoms with Crippen molar-refractivity contribution in [1.29, 1.82) is 0 Å². The van der Waals surface area contributed by atoms with E-state index in [9.17, 15) is 4.79 Å². The molecule has 6 nitrogen and oxygen atoms in total. The van der Waals surface area contributed by atoms with Gasteiger partial charge in [0.25, 0.3) is 5.91 Å². The quantitative estimate of drug-likeness (QED) is 0.736. The van der Waals surface area contributed by atoms with Crippen molar-refractivity contribution in [3.63, 3.8) is 0 Å². The van der Waals surface area contributed by atoms with E-state index >= 15 is 0 Å². The van der Waals surface area contributed by atoms with Gasteiger partial charge in [-0.3, -0.25) is 4.79 Å². The summed E-state index contributed by atoms with van der Waals surface area (Å²) in [6.07, 6.45) is 3.94.